The van der Waals surface area contributed by atoms with Gasteiger partial charge in [0, 0.05) is 36.6 Å². The Bertz CT molecular complexity index is 1350. The van der Waals surface area contributed by atoms with Gasteiger partial charge in [-0.3, -0.25) is 0 Å². The number of carbonyl (C=O) groups excluding carboxylic acids is 1. The molecule has 1 fully saturated rings. The number of amides is 1. The van der Waals surface area contributed by atoms with Gasteiger partial charge in [0.15, 0.2) is 9.84 Å². The van der Waals surface area contributed by atoms with Crippen molar-refractivity contribution in [1.29, 1.82) is 0 Å². The van der Waals surface area contributed by atoms with E-state index in [9.17, 15) is 17.6 Å². The van der Waals surface area contributed by atoms with E-state index in [0.29, 0.717) is 43.3 Å². The largest absolute Gasteiger partial charge is 0.444 e. The van der Waals surface area contributed by atoms with E-state index in [1.54, 1.807) is 41.4 Å². The molecule has 1 amide bonds. The van der Waals surface area contributed by atoms with Crippen LogP contribution in [0.25, 0.3) is 11.3 Å². The number of rotatable bonds is 7. The number of hydrogen-bond donors (Lipinski definition) is 2. The van der Waals surface area contributed by atoms with Crippen molar-refractivity contribution in [3.63, 3.8) is 0 Å². The first-order valence-corrected chi connectivity index (χ1v) is 14.0. The average Bonchev–Trinajstić information content (AvgIpc) is 2.88. The zero-order valence-corrected chi connectivity index (χ0v) is 22.5. The number of likely N-dealkylation sites (tertiary alicyclic amines) is 1. The first-order chi connectivity index (χ1) is 18.0. The minimum Gasteiger partial charge on any atom is -0.444 e. The van der Waals surface area contributed by atoms with Gasteiger partial charge in [0.1, 0.15) is 17.3 Å². The van der Waals surface area contributed by atoms with E-state index < -0.39 is 15.4 Å². The van der Waals surface area contributed by atoms with E-state index in [4.69, 9.17) is 4.74 Å². The first-order valence-electron chi connectivity index (χ1n) is 12.4. The SMILES string of the molecule is CC(C)(C)OC(=O)N1CCC(NCS(=O)(=O)c2ccc(Nc3nccc(-c4ccc(F)cc4)n3)cc2)CC1. The third-order valence-corrected chi connectivity index (χ3v) is 7.51. The lowest BCUT2D eigenvalue weighted by molar-refractivity contribution is 0.0199. The molecule has 0 unspecified atom stereocenters. The quantitative estimate of drug-likeness (QED) is 0.441. The molecule has 3 aromatic rings. The molecule has 11 heteroatoms. The van der Waals surface area contributed by atoms with Crippen LogP contribution in [0.15, 0.2) is 65.7 Å². The molecule has 0 radical (unpaired) electrons. The summed E-state index contributed by atoms with van der Waals surface area (Å²) >= 11 is 0. The summed E-state index contributed by atoms with van der Waals surface area (Å²) in [5.41, 5.74) is 1.46. The molecule has 202 valence electrons. The Kier molecular flexibility index (Phi) is 8.27. The Balaban J connectivity index is 1.30. The average molecular weight is 542 g/mol. The lowest BCUT2D eigenvalue weighted by Gasteiger charge is -2.33. The summed E-state index contributed by atoms with van der Waals surface area (Å²) in [5.74, 6) is -0.184. The van der Waals surface area contributed by atoms with Crippen LogP contribution in [0, 0.1) is 5.82 Å². The second-order valence-electron chi connectivity index (χ2n) is 10.1. The number of nitrogens with zero attached hydrogens (tertiary/aromatic N) is 3. The molecule has 0 atom stereocenters. The Morgan fingerprint density at radius 2 is 1.71 bits per heavy atom. The highest BCUT2D eigenvalue weighted by atomic mass is 32.2. The molecule has 0 aliphatic carbocycles. The number of piperidine rings is 1. The summed E-state index contributed by atoms with van der Waals surface area (Å²) in [7, 11) is -3.56. The fourth-order valence-corrected chi connectivity index (χ4v) is 5.15. The van der Waals surface area contributed by atoms with Crippen molar-refractivity contribution < 1.29 is 22.3 Å². The second kappa shape index (κ2) is 11.4. The van der Waals surface area contributed by atoms with Gasteiger partial charge in [-0.05, 0) is 88.2 Å². The number of nitrogens with one attached hydrogen (secondary N) is 2. The van der Waals surface area contributed by atoms with Gasteiger partial charge in [-0.15, -0.1) is 0 Å². The van der Waals surface area contributed by atoms with E-state index in [1.807, 2.05) is 20.8 Å². The molecule has 0 bridgehead atoms. The molecule has 0 spiro atoms. The minimum absolute atomic E-state index is 0.00469. The summed E-state index contributed by atoms with van der Waals surface area (Å²) in [5, 5.41) is 6.19. The number of anilines is 2. The summed E-state index contributed by atoms with van der Waals surface area (Å²) in [4.78, 5) is 22.7. The number of benzene rings is 2. The Morgan fingerprint density at radius 1 is 1.05 bits per heavy atom. The topological polar surface area (TPSA) is 114 Å². The number of hydrogen-bond acceptors (Lipinski definition) is 8. The third-order valence-electron chi connectivity index (χ3n) is 5.97. The van der Waals surface area contributed by atoms with Crippen LogP contribution in [-0.2, 0) is 14.6 Å². The lowest BCUT2D eigenvalue weighted by atomic mass is 10.1. The van der Waals surface area contributed by atoms with Gasteiger partial charge in [-0.1, -0.05) is 0 Å². The van der Waals surface area contributed by atoms with Crippen LogP contribution in [0.3, 0.4) is 0 Å². The van der Waals surface area contributed by atoms with Crippen LogP contribution in [0.1, 0.15) is 33.6 Å². The normalized spacial score (nSPS) is 14.8. The zero-order chi connectivity index (χ0) is 27.3. The number of carbonyl (C=O) groups is 1. The van der Waals surface area contributed by atoms with Crippen molar-refractivity contribution in [2.75, 3.05) is 24.3 Å². The molecule has 1 aliphatic rings. The predicted molar refractivity (Wildman–Crippen MR) is 143 cm³/mol. The molecule has 4 rings (SSSR count). The maximum Gasteiger partial charge on any atom is 0.410 e. The zero-order valence-electron chi connectivity index (χ0n) is 21.6. The highest BCUT2D eigenvalue weighted by molar-refractivity contribution is 7.91. The van der Waals surface area contributed by atoms with Crippen LogP contribution < -0.4 is 10.6 Å². The van der Waals surface area contributed by atoms with Gasteiger partial charge in [-0.2, -0.15) is 0 Å². The molecule has 2 N–H and O–H groups in total. The first kappa shape index (κ1) is 27.5. The van der Waals surface area contributed by atoms with Gasteiger partial charge in [0.25, 0.3) is 0 Å². The summed E-state index contributed by atoms with van der Waals surface area (Å²) < 4.78 is 44.4. The fourth-order valence-electron chi connectivity index (χ4n) is 3.98. The van der Waals surface area contributed by atoms with Crippen LogP contribution in [0.4, 0.5) is 20.8 Å². The highest BCUT2D eigenvalue weighted by Crippen LogP contribution is 2.22. The summed E-state index contributed by atoms with van der Waals surface area (Å²) in [6.07, 6.45) is 2.55. The van der Waals surface area contributed by atoms with Crippen molar-refractivity contribution >= 4 is 27.6 Å². The van der Waals surface area contributed by atoms with Gasteiger partial charge in [-0.25, -0.2) is 27.6 Å². The van der Waals surface area contributed by atoms with Gasteiger partial charge in [0.05, 0.1) is 10.6 Å². The monoisotopic (exact) mass is 541 g/mol. The predicted octanol–water partition coefficient (Wildman–Crippen LogP) is 4.75. The fraction of sp³-hybridized carbons (Fsp3) is 0.370. The van der Waals surface area contributed by atoms with Gasteiger partial charge in [0.2, 0.25) is 5.95 Å². The molecule has 0 saturated carbocycles. The number of ether oxygens (including phenoxy) is 1. The van der Waals surface area contributed by atoms with Crippen LogP contribution in [0.2, 0.25) is 0 Å². The highest BCUT2D eigenvalue weighted by Gasteiger charge is 2.27. The van der Waals surface area contributed by atoms with E-state index >= 15 is 0 Å². The second-order valence-corrected chi connectivity index (χ2v) is 12.1. The van der Waals surface area contributed by atoms with Crippen LogP contribution in [-0.4, -0.2) is 60.0 Å². The van der Waals surface area contributed by atoms with Crippen molar-refractivity contribution in [3.8, 4) is 11.3 Å². The van der Waals surface area contributed by atoms with Crippen LogP contribution in [0.5, 0.6) is 0 Å². The number of aromatic nitrogens is 2. The van der Waals surface area contributed by atoms with E-state index in [0.717, 1.165) is 5.56 Å². The number of halogens is 1. The minimum atomic E-state index is -3.56. The van der Waals surface area contributed by atoms with Crippen molar-refractivity contribution in [2.45, 2.75) is 50.2 Å². The standard InChI is InChI=1S/C27H32FN5O4S/c1-27(2,3)37-26(34)33-16-13-21(14-17-33)30-18-38(35,36)23-10-8-22(9-11-23)31-25-29-15-12-24(32-25)19-4-6-20(28)7-5-19/h4-12,15,21,30H,13-14,16-18H2,1-3H3,(H,29,31,32). The van der Waals surface area contributed by atoms with Crippen molar-refractivity contribution in [2.24, 2.45) is 0 Å². The summed E-state index contributed by atoms with van der Waals surface area (Å²) in [6.45, 7) is 6.50. The van der Waals surface area contributed by atoms with Crippen molar-refractivity contribution in [1.82, 2.24) is 20.2 Å². The molecule has 38 heavy (non-hydrogen) atoms. The molecule has 1 saturated heterocycles. The smallest absolute Gasteiger partial charge is 0.410 e. The molecular weight excluding hydrogens is 509 g/mol. The Labute approximate surface area is 222 Å². The maximum absolute atomic E-state index is 13.2. The molecule has 1 aromatic heterocycles. The third kappa shape index (κ3) is 7.48. The van der Waals surface area contributed by atoms with E-state index in [2.05, 4.69) is 20.6 Å². The van der Waals surface area contributed by atoms with E-state index in [-0.39, 0.29) is 28.7 Å². The van der Waals surface area contributed by atoms with Gasteiger partial charge < -0.3 is 20.3 Å². The van der Waals surface area contributed by atoms with Crippen molar-refractivity contribution in [3.05, 3.63) is 66.6 Å². The molecular formula is C27H32FN5O4S. The van der Waals surface area contributed by atoms with Gasteiger partial charge >= 0.3 is 6.09 Å². The molecule has 2 aromatic carbocycles. The number of sulfone groups is 1. The molecule has 9 nitrogen and oxygen atoms in total. The Morgan fingerprint density at radius 3 is 2.34 bits per heavy atom. The lowest BCUT2D eigenvalue weighted by Crippen LogP contribution is -2.47. The van der Waals surface area contributed by atoms with Crippen LogP contribution >= 0.6 is 0 Å². The summed E-state index contributed by atoms with van der Waals surface area (Å²) in [6, 6.07) is 14.1. The van der Waals surface area contributed by atoms with E-state index in [1.165, 1.54) is 24.3 Å². The molecule has 2 heterocycles. The molecule has 1 aliphatic heterocycles. The maximum atomic E-state index is 13.2. The Hall–Kier alpha value is -3.57.